The number of nitrogens with zero attached hydrogens (tertiary/aromatic N) is 1. The molecule has 1 aromatic carbocycles. The summed E-state index contributed by atoms with van der Waals surface area (Å²) in [5.74, 6) is -2.19. The van der Waals surface area contributed by atoms with Gasteiger partial charge in [-0.05, 0) is 37.8 Å². The second kappa shape index (κ2) is 12.7. The first kappa shape index (κ1) is 27.6. The number of nitrogens with two attached hydrogens (primary N) is 2. The Morgan fingerprint density at radius 1 is 1.09 bits per heavy atom. The molecule has 2 rings (SSSR count). The largest absolute Gasteiger partial charge is 0.475 e. The minimum absolute atomic E-state index is 0.00943. The van der Waals surface area contributed by atoms with Gasteiger partial charge in [-0.15, -0.1) is 0 Å². The third-order valence-electron chi connectivity index (χ3n) is 5.73. The first-order chi connectivity index (χ1) is 16.1. The maximum atomic E-state index is 13.1. The van der Waals surface area contributed by atoms with E-state index in [4.69, 9.17) is 11.5 Å². The Balaban J connectivity index is 1.93. The van der Waals surface area contributed by atoms with Gasteiger partial charge in [0.25, 0.3) is 0 Å². The van der Waals surface area contributed by atoms with Gasteiger partial charge >= 0.3 is 7.12 Å². The first-order valence-corrected chi connectivity index (χ1v) is 12.6. The predicted octanol–water partition coefficient (Wildman–Crippen LogP) is -1.81. The summed E-state index contributed by atoms with van der Waals surface area (Å²) >= 11 is 0. The van der Waals surface area contributed by atoms with Gasteiger partial charge in [-0.1, -0.05) is 31.0 Å². The molecule has 1 saturated carbocycles. The molecule has 0 saturated heterocycles. The Morgan fingerprint density at radius 3 is 2.32 bits per heavy atom. The van der Waals surface area contributed by atoms with Crippen molar-refractivity contribution in [1.29, 1.82) is 0 Å². The SMILES string of the molecule is NC(N)=NCCC[C@H](NC(=O)C1(C(=O)NCCNS(=O)(=O)c2ccccc2)CCCC1)B(O)O. The van der Waals surface area contributed by atoms with Crippen molar-refractivity contribution in [2.24, 2.45) is 21.9 Å². The van der Waals surface area contributed by atoms with Crippen LogP contribution < -0.4 is 26.8 Å². The van der Waals surface area contributed by atoms with Gasteiger partial charge in [0.15, 0.2) is 5.96 Å². The lowest BCUT2D eigenvalue weighted by atomic mass is 9.75. The van der Waals surface area contributed by atoms with Gasteiger partial charge in [0.05, 0.1) is 10.8 Å². The summed E-state index contributed by atoms with van der Waals surface area (Å²) in [5.41, 5.74) is 9.17. The minimum Gasteiger partial charge on any atom is -0.426 e. The van der Waals surface area contributed by atoms with Crippen LogP contribution in [0.2, 0.25) is 0 Å². The van der Waals surface area contributed by atoms with Gasteiger partial charge in [-0.3, -0.25) is 14.6 Å². The molecule has 1 aliphatic rings. The van der Waals surface area contributed by atoms with E-state index in [0.717, 1.165) is 0 Å². The topological polar surface area (TPSA) is 209 Å². The van der Waals surface area contributed by atoms with Crippen LogP contribution >= 0.6 is 0 Å². The number of carbonyl (C=O) groups excluding carboxylic acids is 2. The fraction of sp³-hybridized carbons (Fsp3) is 0.550. The quantitative estimate of drug-likeness (QED) is 0.0543. The van der Waals surface area contributed by atoms with E-state index in [1.54, 1.807) is 18.2 Å². The Labute approximate surface area is 199 Å². The normalized spacial score (nSPS) is 15.8. The zero-order valence-electron chi connectivity index (χ0n) is 18.9. The average Bonchev–Trinajstić information content (AvgIpc) is 3.30. The molecule has 1 fully saturated rings. The highest BCUT2D eigenvalue weighted by molar-refractivity contribution is 7.89. The Morgan fingerprint density at radius 2 is 1.74 bits per heavy atom. The van der Waals surface area contributed by atoms with Gasteiger partial charge in [-0.2, -0.15) is 0 Å². The number of hydrogen-bond acceptors (Lipinski definition) is 7. The maximum absolute atomic E-state index is 13.1. The van der Waals surface area contributed by atoms with Gasteiger partial charge in [-0.25, -0.2) is 13.1 Å². The molecular formula is C20H33BN6O6S. The molecule has 34 heavy (non-hydrogen) atoms. The lowest BCUT2D eigenvalue weighted by Gasteiger charge is -2.29. The number of benzene rings is 1. The number of hydrogen-bond donors (Lipinski definition) is 7. The van der Waals surface area contributed by atoms with E-state index in [-0.39, 0.29) is 36.9 Å². The van der Waals surface area contributed by atoms with Crippen molar-refractivity contribution >= 4 is 34.9 Å². The highest BCUT2D eigenvalue weighted by Crippen LogP contribution is 2.38. The van der Waals surface area contributed by atoms with E-state index in [2.05, 4.69) is 20.3 Å². The zero-order valence-corrected chi connectivity index (χ0v) is 19.8. The number of guanidine groups is 1. The summed E-state index contributed by atoms with van der Waals surface area (Å²) in [6, 6.07) is 7.84. The number of nitrogens with one attached hydrogen (secondary N) is 3. The van der Waals surface area contributed by atoms with E-state index in [9.17, 15) is 28.1 Å². The van der Waals surface area contributed by atoms with Crippen LogP contribution in [0, 0.1) is 5.41 Å². The second-order valence-electron chi connectivity index (χ2n) is 8.20. The van der Waals surface area contributed by atoms with Crippen molar-refractivity contribution in [3.63, 3.8) is 0 Å². The second-order valence-corrected chi connectivity index (χ2v) is 9.97. The fourth-order valence-corrected chi connectivity index (χ4v) is 4.92. The van der Waals surface area contributed by atoms with Gasteiger partial charge < -0.3 is 32.1 Å². The van der Waals surface area contributed by atoms with Crippen LogP contribution in [0.5, 0.6) is 0 Å². The number of sulfonamides is 1. The van der Waals surface area contributed by atoms with Gasteiger partial charge in [0.1, 0.15) is 5.41 Å². The summed E-state index contributed by atoms with van der Waals surface area (Å²) in [4.78, 5) is 30.0. The van der Waals surface area contributed by atoms with Crippen molar-refractivity contribution in [2.45, 2.75) is 49.4 Å². The zero-order chi connectivity index (χ0) is 25.2. The number of aliphatic imine (C=N–C) groups is 1. The van der Waals surface area contributed by atoms with Crippen molar-refractivity contribution in [2.75, 3.05) is 19.6 Å². The summed E-state index contributed by atoms with van der Waals surface area (Å²) in [6.07, 6.45) is 2.53. The molecule has 0 bridgehead atoms. The summed E-state index contributed by atoms with van der Waals surface area (Å²) in [5, 5.41) is 24.6. The highest BCUT2D eigenvalue weighted by atomic mass is 32.2. The molecule has 14 heteroatoms. The van der Waals surface area contributed by atoms with Crippen LogP contribution in [-0.4, -0.2) is 68.9 Å². The van der Waals surface area contributed by atoms with Crippen LogP contribution in [0.3, 0.4) is 0 Å². The molecule has 1 aromatic rings. The number of amides is 2. The molecule has 2 amide bonds. The number of rotatable bonds is 13. The smallest absolute Gasteiger partial charge is 0.426 e. The van der Waals surface area contributed by atoms with Crippen LogP contribution in [0.25, 0.3) is 0 Å². The van der Waals surface area contributed by atoms with E-state index in [0.29, 0.717) is 32.1 Å². The summed E-state index contributed by atoms with van der Waals surface area (Å²) in [6.45, 7) is 0.194. The van der Waals surface area contributed by atoms with E-state index >= 15 is 0 Å². The number of carbonyl (C=O) groups is 2. The van der Waals surface area contributed by atoms with Crippen LogP contribution in [0.15, 0.2) is 40.2 Å². The molecule has 0 spiro atoms. The molecule has 0 aliphatic heterocycles. The molecule has 188 valence electrons. The monoisotopic (exact) mass is 496 g/mol. The van der Waals surface area contributed by atoms with Crippen molar-refractivity contribution in [3.8, 4) is 0 Å². The lowest BCUT2D eigenvalue weighted by molar-refractivity contribution is -0.143. The molecule has 0 radical (unpaired) electrons. The van der Waals surface area contributed by atoms with E-state index in [1.165, 1.54) is 12.1 Å². The Bertz CT molecular complexity index is 950. The van der Waals surface area contributed by atoms with Crippen LogP contribution in [0.1, 0.15) is 38.5 Å². The lowest BCUT2D eigenvalue weighted by Crippen LogP contribution is -2.56. The molecule has 1 atom stereocenters. The first-order valence-electron chi connectivity index (χ1n) is 11.1. The van der Waals surface area contributed by atoms with E-state index < -0.39 is 40.3 Å². The molecular weight excluding hydrogens is 463 g/mol. The molecule has 1 aliphatic carbocycles. The molecule has 9 N–H and O–H groups in total. The third kappa shape index (κ3) is 7.69. The van der Waals surface area contributed by atoms with Crippen LogP contribution in [0.4, 0.5) is 0 Å². The maximum Gasteiger partial charge on any atom is 0.475 e. The minimum atomic E-state index is -3.71. The molecule has 0 unspecified atom stereocenters. The highest BCUT2D eigenvalue weighted by Gasteiger charge is 2.48. The average molecular weight is 496 g/mol. The Kier molecular flexibility index (Phi) is 10.3. The van der Waals surface area contributed by atoms with Gasteiger partial charge in [0, 0.05) is 19.6 Å². The van der Waals surface area contributed by atoms with E-state index in [1.807, 2.05) is 0 Å². The van der Waals surface area contributed by atoms with Crippen molar-refractivity contribution < 1.29 is 28.1 Å². The predicted molar refractivity (Wildman–Crippen MR) is 128 cm³/mol. The van der Waals surface area contributed by atoms with Gasteiger partial charge in [0.2, 0.25) is 21.8 Å². The standard InChI is InChI=1S/C20H33BN6O6S/c22-19(23)25-12-6-9-16(21(30)31)27-18(29)20(10-4-5-11-20)17(28)24-13-14-26-34(32,33)15-7-2-1-3-8-15/h1-3,7-8,16,26,30-31H,4-6,9-14H2,(H,24,28)(H,27,29)(H4,22,23,25)/t16-/m0/s1. The third-order valence-corrected chi connectivity index (χ3v) is 7.20. The van der Waals surface area contributed by atoms with Crippen molar-refractivity contribution in [3.05, 3.63) is 30.3 Å². The summed E-state index contributed by atoms with van der Waals surface area (Å²) < 4.78 is 27.0. The van der Waals surface area contributed by atoms with Crippen molar-refractivity contribution in [1.82, 2.24) is 15.4 Å². The molecule has 12 nitrogen and oxygen atoms in total. The molecule has 0 heterocycles. The molecule has 0 aromatic heterocycles. The van der Waals surface area contributed by atoms with Crippen LogP contribution in [-0.2, 0) is 19.6 Å². The Hall–Kier alpha value is -2.68. The fourth-order valence-electron chi connectivity index (χ4n) is 3.87. The summed E-state index contributed by atoms with van der Waals surface area (Å²) in [7, 11) is -5.53.